The molecular formula is C11H9N5O2S. The normalized spacial score (nSPS) is 10.2. The van der Waals surface area contributed by atoms with Crippen LogP contribution in [0.1, 0.15) is 11.4 Å². The molecule has 1 aromatic carbocycles. The first-order valence-electron chi connectivity index (χ1n) is 5.25. The smallest absolute Gasteiger partial charge is 0.270 e. The zero-order valence-corrected chi connectivity index (χ0v) is 11.0. The van der Waals surface area contributed by atoms with Gasteiger partial charge in [-0.2, -0.15) is 5.26 Å². The summed E-state index contributed by atoms with van der Waals surface area (Å²) < 4.78 is 1.78. The Morgan fingerprint density at radius 3 is 2.74 bits per heavy atom. The highest BCUT2D eigenvalue weighted by atomic mass is 32.2. The molecular weight excluding hydrogens is 266 g/mol. The van der Waals surface area contributed by atoms with Gasteiger partial charge in [-0.1, -0.05) is 0 Å². The molecule has 19 heavy (non-hydrogen) atoms. The van der Waals surface area contributed by atoms with Crippen LogP contribution in [0.4, 0.5) is 5.69 Å². The molecule has 7 nitrogen and oxygen atoms in total. The Kier molecular flexibility index (Phi) is 3.48. The van der Waals surface area contributed by atoms with Crippen LogP contribution in [0.3, 0.4) is 0 Å². The Bertz CT molecular complexity index is 689. The third kappa shape index (κ3) is 2.56. The van der Waals surface area contributed by atoms with Gasteiger partial charge in [0.15, 0.2) is 5.16 Å². The van der Waals surface area contributed by atoms with Gasteiger partial charge in [0.1, 0.15) is 11.9 Å². The Labute approximate surface area is 113 Å². The van der Waals surface area contributed by atoms with Crippen molar-refractivity contribution in [2.24, 2.45) is 7.05 Å². The molecule has 0 aliphatic carbocycles. The Hall–Kier alpha value is -2.40. The second kappa shape index (κ2) is 5.07. The maximum atomic E-state index is 10.7. The molecule has 0 fully saturated rings. The Balaban J connectivity index is 2.38. The van der Waals surface area contributed by atoms with Crippen molar-refractivity contribution in [1.82, 2.24) is 14.8 Å². The summed E-state index contributed by atoms with van der Waals surface area (Å²) in [5.41, 5.74) is 0.148. The summed E-state index contributed by atoms with van der Waals surface area (Å²) in [4.78, 5) is 10.7. The zero-order chi connectivity index (χ0) is 14.0. The van der Waals surface area contributed by atoms with E-state index < -0.39 is 4.92 Å². The number of nitro groups is 1. The molecule has 0 aliphatic heterocycles. The first-order valence-corrected chi connectivity index (χ1v) is 6.07. The molecule has 0 radical (unpaired) electrons. The summed E-state index contributed by atoms with van der Waals surface area (Å²) in [5, 5.41) is 28.2. The molecule has 2 rings (SSSR count). The lowest BCUT2D eigenvalue weighted by molar-refractivity contribution is -0.384. The lowest BCUT2D eigenvalue weighted by atomic mass is 10.2. The van der Waals surface area contributed by atoms with E-state index in [9.17, 15) is 10.1 Å². The van der Waals surface area contributed by atoms with E-state index in [4.69, 9.17) is 5.26 Å². The lowest BCUT2D eigenvalue weighted by Crippen LogP contribution is -1.94. The number of aryl methyl sites for hydroxylation is 1. The molecule has 1 heterocycles. The van der Waals surface area contributed by atoms with E-state index in [1.807, 2.05) is 20.0 Å². The van der Waals surface area contributed by atoms with Crippen molar-refractivity contribution in [3.8, 4) is 6.07 Å². The number of hydrogen-bond acceptors (Lipinski definition) is 6. The fourth-order valence-electron chi connectivity index (χ4n) is 1.38. The largest absolute Gasteiger partial charge is 0.309 e. The maximum Gasteiger partial charge on any atom is 0.270 e. The minimum absolute atomic E-state index is 0.102. The van der Waals surface area contributed by atoms with Crippen LogP contribution in [0, 0.1) is 28.4 Å². The second-order valence-electron chi connectivity index (χ2n) is 3.74. The summed E-state index contributed by atoms with van der Waals surface area (Å²) >= 11 is 1.25. The van der Waals surface area contributed by atoms with Gasteiger partial charge in [-0.3, -0.25) is 10.1 Å². The topological polar surface area (TPSA) is 97.6 Å². The van der Waals surface area contributed by atoms with Crippen LogP contribution in [0.15, 0.2) is 28.3 Å². The van der Waals surface area contributed by atoms with Gasteiger partial charge in [0.05, 0.1) is 10.5 Å². The summed E-state index contributed by atoms with van der Waals surface area (Å²) in [7, 11) is 1.81. The van der Waals surface area contributed by atoms with Gasteiger partial charge >= 0.3 is 0 Å². The highest BCUT2D eigenvalue weighted by Crippen LogP contribution is 2.31. The van der Waals surface area contributed by atoms with E-state index in [1.54, 1.807) is 10.6 Å². The van der Waals surface area contributed by atoms with Crippen molar-refractivity contribution in [3.05, 3.63) is 39.7 Å². The highest BCUT2D eigenvalue weighted by molar-refractivity contribution is 7.99. The standard InChI is InChI=1S/C11H9N5O2S/c1-7-13-14-11(15(7)2)19-10-4-3-9(16(17)18)5-8(10)6-12/h3-5H,1-2H3. The van der Waals surface area contributed by atoms with Crippen LogP contribution in [-0.4, -0.2) is 19.7 Å². The van der Waals surface area contributed by atoms with Crippen molar-refractivity contribution in [1.29, 1.82) is 5.26 Å². The molecule has 0 N–H and O–H groups in total. The van der Waals surface area contributed by atoms with Crippen molar-refractivity contribution in [2.45, 2.75) is 17.0 Å². The van der Waals surface area contributed by atoms with Crippen molar-refractivity contribution in [2.75, 3.05) is 0 Å². The van der Waals surface area contributed by atoms with E-state index in [0.29, 0.717) is 10.1 Å². The van der Waals surface area contributed by atoms with Crippen LogP contribution >= 0.6 is 11.8 Å². The first kappa shape index (κ1) is 13.0. The Morgan fingerprint density at radius 1 is 1.47 bits per heavy atom. The number of aromatic nitrogens is 3. The van der Waals surface area contributed by atoms with Crippen molar-refractivity contribution in [3.63, 3.8) is 0 Å². The van der Waals surface area contributed by atoms with Crippen molar-refractivity contribution < 1.29 is 4.92 Å². The van der Waals surface area contributed by atoms with Gasteiger partial charge in [-0.05, 0) is 24.8 Å². The number of non-ortho nitro benzene ring substituents is 1. The minimum Gasteiger partial charge on any atom is -0.309 e. The second-order valence-corrected chi connectivity index (χ2v) is 4.75. The fourth-order valence-corrected chi connectivity index (χ4v) is 2.28. The van der Waals surface area contributed by atoms with E-state index in [2.05, 4.69) is 10.2 Å². The summed E-state index contributed by atoms with van der Waals surface area (Å²) in [5.74, 6) is 0.753. The number of nitrogens with zero attached hydrogens (tertiary/aromatic N) is 5. The predicted molar refractivity (Wildman–Crippen MR) is 67.7 cm³/mol. The molecule has 0 amide bonds. The fraction of sp³-hybridized carbons (Fsp3) is 0.182. The molecule has 0 unspecified atom stereocenters. The van der Waals surface area contributed by atoms with Crippen LogP contribution in [0.5, 0.6) is 0 Å². The number of nitro benzene ring substituents is 1. The molecule has 1 aromatic heterocycles. The maximum absolute atomic E-state index is 10.7. The molecule has 0 saturated heterocycles. The van der Waals surface area contributed by atoms with E-state index in [-0.39, 0.29) is 11.3 Å². The van der Waals surface area contributed by atoms with Crippen LogP contribution < -0.4 is 0 Å². The van der Waals surface area contributed by atoms with E-state index in [0.717, 1.165) is 5.82 Å². The number of benzene rings is 1. The number of rotatable bonds is 3. The molecule has 0 atom stereocenters. The van der Waals surface area contributed by atoms with Crippen molar-refractivity contribution >= 4 is 17.4 Å². The molecule has 0 aliphatic rings. The van der Waals surface area contributed by atoms with E-state index in [1.165, 1.54) is 23.9 Å². The molecule has 8 heteroatoms. The van der Waals surface area contributed by atoms with Gasteiger partial charge in [0.25, 0.3) is 5.69 Å². The number of hydrogen-bond donors (Lipinski definition) is 0. The highest BCUT2D eigenvalue weighted by Gasteiger charge is 2.14. The third-order valence-electron chi connectivity index (χ3n) is 2.55. The molecule has 0 saturated carbocycles. The zero-order valence-electron chi connectivity index (χ0n) is 10.2. The van der Waals surface area contributed by atoms with Gasteiger partial charge in [-0.15, -0.1) is 10.2 Å². The quantitative estimate of drug-likeness (QED) is 0.628. The first-order chi connectivity index (χ1) is 9.02. The van der Waals surface area contributed by atoms with Crippen LogP contribution in [-0.2, 0) is 7.05 Å². The third-order valence-corrected chi connectivity index (χ3v) is 3.66. The lowest BCUT2D eigenvalue weighted by Gasteiger charge is -2.03. The van der Waals surface area contributed by atoms with Gasteiger partial charge in [-0.25, -0.2) is 0 Å². The summed E-state index contributed by atoms with van der Waals surface area (Å²) in [6.45, 7) is 1.82. The molecule has 0 bridgehead atoms. The van der Waals surface area contributed by atoms with Gasteiger partial charge in [0.2, 0.25) is 0 Å². The van der Waals surface area contributed by atoms with Gasteiger partial charge < -0.3 is 4.57 Å². The van der Waals surface area contributed by atoms with E-state index >= 15 is 0 Å². The molecule has 2 aromatic rings. The molecule has 0 spiro atoms. The average molecular weight is 275 g/mol. The van der Waals surface area contributed by atoms with Crippen LogP contribution in [0.25, 0.3) is 0 Å². The Morgan fingerprint density at radius 2 is 2.21 bits per heavy atom. The monoisotopic (exact) mass is 275 g/mol. The average Bonchev–Trinajstić information content (AvgIpc) is 2.71. The molecule has 96 valence electrons. The van der Waals surface area contributed by atoms with Gasteiger partial charge in [0, 0.05) is 24.1 Å². The SMILES string of the molecule is Cc1nnc(Sc2ccc([N+](=O)[O-])cc2C#N)n1C. The minimum atomic E-state index is -0.526. The predicted octanol–water partition coefficient (Wildman–Crippen LogP) is 2.05. The number of nitriles is 1. The van der Waals surface area contributed by atoms with Crippen LogP contribution in [0.2, 0.25) is 0 Å². The summed E-state index contributed by atoms with van der Waals surface area (Å²) in [6.07, 6.45) is 0. The summed E-state index contributed by atoms with van der Waals surface area (Å²) in [6, 6.07) is 6.12.